The van der Waals surface area contributed by atoms with Gasteiger partial charge in [0.05, 0.1) is 13.0 Å². The Morgan fingerprint density at radius 1 is 0.967 bits per heavy atom. The standard InChI is InChI=1S/C25H35N3O2/c1-4-27-12-14-28(15-13-27)19-23-9-7-22(8-10-23)18-26-25(29)11-16-30-24-17-20(2)5-6-21(24)3/h5-10,17H,4,11-16,18-19H2,1-3H3,(H,26,29). The highest BCUT2D eigenvalue weighted by Crippen LogP contribution is 2.19. The number of carbonyl (C=O) groups is 1. The number of amides is 1. The van der Waals surface area contributed by atoms with Crippen molar-refractivity contribution in [1.82, 2.24) is 15.1 Å². The lowest BCUT2D eigenvalue weighted by Gasteiger charge is -2.34. The smallest absolute Gasteiger partial charge is 0.223 e. The molecule has 5 nitrogen and oxygen atoms in total. The minimum Gasteiger partial charge on any atom is -0.493 e. The summed E-state index contributed by atoms with van der Waals surface area (Å²) in [6.45, 7) is 14.0. The van der Waals surface area contributed by atoms with Gasteiger partial charge in [0, 0.05) is 39.3 Å². The van der Waals surface area contributed by atoms with Crippen LogP contribution in [-0.4, -0.2) is 55.0 Å². The van der Waals surface area contributed by atoms with Gasteiger partial charge in [0.2, 0.25) is 5.91 Å². The Bertz CT molecular complexity index is 812. The van der Waals surface area contributed by atoms with Crippen molar-refractivity contribution in [3.8, 4) is 5.75 Å². The van der Waals surface area contributed by atoms with Gasteiger partial charge in [-0.05, 0) is 48.7 Å². The number of nitrogens with zero attached hydrogens (tertiary/aromatic N) is 2. The number of piperazine rings is 1. The Labute approximate surface area is 181 Å². The number of ether oxygens (including phenoxy) is 1. The van der Waals surface area contributed by atoms with Crippen molar-refractivity contribution < 1.29 is 9.53 Å². The van der Waals surface area contributed by atoms with Gasteiger partial charge in [-0.25, -0.2) is 0 Å². The molecule has 0 saturated carbocycles. The van der Waals surface area contributed by atoms with Gasteiger partial charge >= 0.3 is 0 Å². The quantitative estimate of drug-likeness (QED) is 0.688. The van der Waals surface area contributed by atoms with E-state index in [0.717, 1.165) is 61.7 Å². The van der Waals surface area contributed by atoms with Crippen LogP contribution in [0.2, 0.25) is 0 Å². The number of nitrogens with one attached hydrogen (secondary N) is 1. The van der Waals surface area contributed by atoms with Crippen LogP contribution in [0.4, 0.5) is 0 Å². The summed E-state index contributed by atoms with van der Waals surface area (Å²) in [4.78, 5) is 17.1. The van der Waals surface area contributed by atoms with E-state index in [1.165, 1.54) is 5.56 Å². The number of benzene rings is 2. The fraction of sp³-hybridized carbons (Fsp3) is 0.480. The maximum atomic E-state index is 12.1. The molecule has 2 aromatic rings. The zero-order valence-electron chi connectivity index (χ0n) is 18.6. The first kappa shape index (κ1) is 22.3. The Hall–Kier alpha value is -2.37. The van der Waals surface area contributed by atoms with E-state index < -0.39 is 0 Å². The predicted octanol–water partition coefficient (Wildman–Crippen LogP) is 3.53. The first-order valence-electron chi connectivity index (χ1n) is 11.0. The third-order valence-electron chi connectivity index (χ3n) is 5.76. The zero-order valence-corrected chi connectivity index (χ0v) is 18.6. The second kappa shape index (κ2) is 11.1. The van der Waals surface area contributed by atoms with E-state index in [4.69, 9.17) is 4.74 Å². The minimum absolute atomic E-state index is 0.0122. The summed E-state index contributed by atoms with van der Waals surface area (Å²) in [7, 11) is 0. The molecule has 1 heterocycles. The molecule has 1 fully saturated rings. The molecule has 2 aromatic carbocycles. The van der Waals surface area contributed by atoms with E-state index in [0.29, 0.717) is 19.6 Å². The van der Waals surface area contributed by atoms with E-state index in [9.17, 15) is 4.79 Å². The number of hydrogen-bond donors (Lipinski definition) is 1. The largest absolute Gasteiger partial charge is 0.493 e. The summed E-state index contributed by atoms with van der Waals surface area (Å²) < 4.78 is 5.77. The van der Waals surface area contributed by atoms with Crippen LogP contribution in [0.3, 0.4) is 0 Å². The zero-order chi connectivity index (χ0) is 21.3. The van der Waals surface area contributed by atoms with E-state index in [1.54, 1.807) is 0 Å². The molecule has 3 rings (SSSR count). The third-order valence-corrected chi connectivity index (χ3v) is 5.76. The second-order valence-electron chi connectivity index (χ2n) is 8.17. The summed E-state index contributed by atoms with van der Waals surface area (Å²) in [6, 6.07) is 14.7. The lowest BCUT2D eigenvalue weighted by molar-refractivity contribution is -0.121. The maximum absolute atomic E-state index is 12.1. The average Bonchev–Trinajstić information content (AvgIpc) is 2.76. The molecule has 0 unspecified atom stereocenters. The molecule has 0 aliphatic carbocycles. The Morgan fingerprint density at radius 3 is 2.33 bits per heavy atom. The fourth-order valence-corrected chi connectivity index (χ4v) is 3.69. The molecule has 30 heavy (non-hydrogen) atoms. The Morgan fingerprint density at radius 2 is 1.63 bits per heavy atom. The van der Waals surface area contributed by atoms with Gasteiger partial charge in [0.25, 0.3) is 0 Å². The molecular weight excluding hydrogens is 374 g/mol. The van der Waals surface area contributed by atoms with Gasteiger partial charge in [-0.1, -0.05) is 43.3 Å². The van der Waals surface area contributed by atoms with Crippen molar-refractivity contribution >= 4 is 5.91 Å². The number of hydrogen-bond acceptors (Lipinski definition) is 4. The lowest BCUT2D eigenvalue weighted by atomic mass is 10.1. The van der Waals surface area contributed by atoms with E-state index in [-0.39, 0.29) is 5.91 Å². The molecule has 0 aromatic heterocycles. The normalized spacial score (nSPS) is 15.2. The average molecular weight is 410 g/mol. The second-order valence-corrected chi connectivity index (χ2v) is 8.17. The van der Waals surface area contributed by atoms with Crippen molar-refractivity contribution in [1.29, 1.82) is 0 Å². The molecule has 162 valence electrons. The lowest BCUT2D eigenvalue weighted by Crippen LogP contribution is -2.45. The van der Waals surface area contributed by atoms with Gasteiger partial charge in [0.1, 0.15) is 5.75 Å². The molecular formula is C25H35N3O2. The van der Waals surface area contributed by atoms with Gasteiger partial charge in [-0.15, -0.1) is 0 Å². The molecule has 0 spiro atoms. The molecule has 1 N–H and O–H groups in total. The van der Waals surface area contributed by atoms with Crippen LogP contribution in [-0.2, 0) is 17.9 Å². The molecule has 0 bridgehead atoms. The predicted molar refractivity (Wildman–Crippen MR) is 122 cm³/mol. The van der Waals surface area contributed by atoms with Crippen LogP contribution in [0.25, 0.3) is 0 Å². The van der Waals surface area contributed by atoms with Gasteiger partial charge in [-0.2, -0.15) is 0 Å². The van der Waals surface area contributed by atoms with Crippen molar-refractivity contribution in [2.75, 3.05) is 39.3 Å². The molecule has 1 amide bonds. The van der Waals surface area contributed by atoms with Gasteiger partial charge in [-0.3, -0.25) is 9.69 Å². The Kier molecular flexibility index (Phi) is 8.29. The monoisotopic (exact) mass is 409 g/mol. The summed E-state index contributed by atoms with van der Waals surface area (Å²) in [6.07, 6.45) is 0.356. The van der Waals surface area contributed by atoms with Crippen LogP contribution in [0.1, 0.15) is 35.6 Å². The number of likely N-dealkylation sites (N-methyl/N-ethyl adjacent to an activating group) is 1. The molecule has 1 saturated heterocycles. The number of carbonyl (C=O) groups excluding carboxylic acids is 1. The fourth-order valence-electron chi connectivity index (χ4n) is 3.69. The highest BCUT2D eigenvalue weighted by Gasteiger charge is 2.15. The molecule has 5 heteroatoms. The highest BCUT2D eigenvalue weighted by molar-refractivity contribution is 5.76. The third kappa shape index (κ3) is 6.85. The molecule has 0 atom stereocenters. The summed E-state index contributed by atoms with van der Waals surface area (Å²) in [5.41, 5.74) is 4.70. The van der Waals surface area contributed by atoms with Crippen LogP contribution in [0.15, 0.2) is 42.5 Å². The van der Waals surface area contributed by atoms with E-state index >= 15 is 0 Å². The minimum atomic E-state index is 0.0122. The summed E-state index contributed by atoms with van der Waals surface area (Å²) in [5, 5.41) is 2.99. The molecule has 1 aliphatic heterocycles. The summed E-state index contributed by atoms with van der Waals surface area (Å²) in [5.74, 6) is 0.868. The van der Waals surface area contributed by atoms with Crippen molar-refractivity contribution in [3.05, 3.63) is 64.7 Å². The van der Waals surface area contributed by atoms with Crippen LogP contribution >= 0.6 is 0 Å². The van der Waals surface area contributed by atoms with Crippen molar-refractivity contribution in [2.24, 2.45) is 0 Å². The van der Waals surface area contributed by atoms with Crippen molar-refractivity contribution in [2.45, 2.75) is 40.3 Å². The van der Waals surface area contributed by atoms with Crippen LogP contribution in [0, 0.1) is 13.8 Å². The number of rotatable bonds is 9. The van der Waals surface area contributed by atoms with E-state index in [1.807, 2.05) is 26.0 Å². The maximum Gasteiger partial charge on any atom is 0.223 e. The van der Waals surface area contributed by atoms with E-state index in [2.05, 4.69) is 52.4 Å². The molecule has 0 radical (unpaired) electrons. The van der Waals surface area contributed by atoms with Gasteiger partial charge in [0.15, 0.2) is 0 Å². The number of aryl methyl sites for hydroxylation is 2. The van der Waals surface area contributed by atoms with Gasteiger partial charge < -0.3 is 15.0 Å². The SMILES string of the molecule is CCN1CCN(Cc2ccc(CNC(=O)CCOc3cc(C)ccc3C)cc2)CC1. The van der Waals surface area contributed by atoms with Crippen LogP contribution < -0.4 is 10.1 Å². The van der Waals surface area contributed by atoms with Crippen LogP contribution in [0.5, 0.6) is 5.75 Å². The first-order chi connectivity index (χ1) is 14.5. The first-order valence-corrected chi connectivity index (χ1v) is 11.0. The van der Waals surface area contributed by atoms with Crippen molar-refractivity contribution in [3.63, 3.8) is 0 Å². The highest BCUT2D eigenvalue weighted by atomic mass is 16.5. The molecule has 1 aliphatic rings. The Balaban J connectivity index is 1.36. The summed E-state index contributed by atoms with van der Waals surface area (Å²) >= 11 is 0. The topological polar surface area (TPSA) is 44.8 Å².